The molecule has 0 saturated carbocycles. The second kappa shape index (κ2) is 19.3. The zero-order chi connectivity index (χ0) is 36.6. The third-order valence-corrected chi connectivity index (χ3v) is 6.94. The van der Waals surface area contributed by atoms with Crippen LogP contribution in [0.4, 0.5) is 9.59 Å². The van der Waals surface area contributed by atoms with Crippen molar-refractivity contribution in [2.75, 3.05) is 13.1 Å². The first kappa shape index (κ1) is 39.5. The minimum absolute atomic E-state index is 0.0482. The fourth-order valence-electron chi connectivity index (χ4n) is 5.02. The summed E-state index contributed by atoms with van der Waals surface area (Å²) in [4.78, 5) is 54.1. The molecule has 0 radical (unpaired) electrons. The van der Waals surface area contributed by atoms with Gasteiger partial charge in [-0.2, -0.15) is 0 Å². The maximum atomic E-state index is 13.0. The molecule has 0 fully saturated rings. The Balaban J connectivity index is 1.84. The first-order valence-electron chi connectivity index (χ1n) is 16.8. The number of benzene rings is 3. The lowest BCUT2D eigenvalue weighted by Gasteiger charge is -2.32. The number of esters is 2. The third kappa shape index (κ3) is 17.0. The van der Waals surface area contributed by atoms with Gasteiger partial charge in [0.15, 0.2) is 0 Å². The highest BCUT2D eigenvalue weighted by Gasteiger charge is 2.28. The highest BCUT2D eigenvalue weighted by molar-refractivity contribution is 5.74. The van der Waals surface area contributed by atoms with Crippen LogP contribution in [-0.4, -0.2) is 65.4 Å². The van der Waals surface area contributed by atoms with Crippen molar-refractivity contribution >= 4 is 24.1 Å². The third-order valence-electron chi connectivity index (χ3n) is 6.94. The van der Waals surface area contributed by atoms with Gasteiger partial charge in [-0.25, -0.2) is 9.59 Å². The molecule has 3 aromatic carbocycles. The van der Waals surface area contributed by atoms with E-state index in [4.69, 9.17) is 18.9 Å². The van der Waals surface area contributed by atoms with Crippen LogP contribution in [0.5, 0.6) is 0 Å². The van der Waals surface area contributed by atoms with Gasteiger partial charge in [0.05, 0.1) is 24.9 Å². The number of amides is 2. The van der Waals surface area contributed by atoms with E-state index in [2.05, 4.69) is 10.6 Å². The van der Waals surface area contributed by atoms with Crippen molar-refractivity contribution in [1.82, 2.24) is 15.5 Å². The van der Waals surface area contributed by atoms with Gasteiger partial charge in [0.25, 0.3) is 0 Å². The zero-order valence-corrected chi connectivity index (χ0v) is 30.0. The van der Waals surface area contributed by atoms with Crippen LogP contribution in [0, 0.1) is 0 Å². The van der Waals surface area contributed by atoms with E-state index in [9.17, 15) is 19.2 Å². The Kier molecular flexibility index (Phi) is 15.3. The van der Waals surface area contributed by atoms with Gasteiger partial charge in [0, 0.05) is 19.6 Å². The van der Waals surface area contributed by atoms with E-state index in [1.54, 1.807) is 41.5 Å². The van der Waals surface area contributed by atoms with Crippen molar-refractivity contribution in [2.24, 2.45) is 0 Å². The zero-order valence-electron chi connectivity index (χ0n) is 30.0. The van der Waals surface area contributed by atoms with Crippen LogP contribution in [0.15, 0.2) is 91.0 Å². The lowest BCUT2D eigenvalue weighted by Crippen LogP contribution is -2.50. The van der Waals surface area contributed by atoms with Crippen LogP contribution >= 0.6 is 0 Å². The highest BCUT2D eigenvalue weighted by Crippen LogP contribution is 2.15. The van der Waals surface area contributed by atoms with Gasteiger partial charge in [0.1, 0.15) is 24.4 Å². The van der Waals surface area contributed by atoms with Crippen LogP contribution in [0.1, 0.15) is 71.1 Å². The van der Waals surface area contributed by atoms with Crippen molar-refractivity contribution in [3.05, 3.63) is 108 Å². The molecule has 11 nitrogen and oxygen atoms in total. The smallest absolute Gasteiger partial charge is 0.407 e. The lowest BCUT2D eigenvalue weighted by molar-refractivity contribution is -0.156. The van der Waals surface area contributed by atoms with Crippen molar-refractivity contribution in [1.29, 1.82) is 0 Å². The summed E-state index contributed by atoms with van der Waals surface area (Å²) in [6.45, 7) is 11.4. The number of hydrogen-bond acceptors (Lipinski definition) is 9. The van der Waals surface area contributed by atoms with Gasteiger partial charge in [-0.05, 0) is 58.2 Å². The summed E-state index contributed by atoms with van der Waals surface area (Å²) in [5.41, 5.74) is 1.10. The highest BCUT2D eigenvalue weighted by atomic mass is 16.6. The number of nitrogens with zero attached hydrogens (tertiary/aromatic N) is 1. The summed E-state index contributed by atoms with van der Waals surface area (Å²) in [6, 6.07) is 26.6. The van der Waals surface area contributed by atoms with E-state index in [0.29, 0.717) is 6.54 Å². The summed E-state index contributed by atoms with van der Waals surface area (Å²) in [6.07, 6.45) is -1.69. The van der Waals surface area contributed by atoms with Gasteiger partial charge in [0.2, 0.25) is 0 Å². The lowest BCUT2D eigenvalue weighted by atomic mass is 10.1. The Morgan fingerprint density at radius 3 is 1.24 bits per heavy atom. The fourth-order valence-corrected chi connectivity index (χ4v) is 5.02. The monoisotopic (exact) mass is 689 g/mol. The van der Waals surface area contributed by atoms with Crippen LogP contribution < -0.4 is 10.6 Å². The van der Waals surface area contributed by atoms with Crippen LogP contribution in [0.25, 0.3) is 0 Å². The van der Waals surface area contributed by atoms with Gasteiger partial charge in [-0.1, -0.05) is 91.0 Å². The Labute approximate surface area is 295 Å². The van der Waals surface area contributed by atoms with E-state index in [-0.39, 0.29) is 39.1 Å². The normalized spacial score (nSPS) is 12.7. The van der Waals surface area contributed by atoms with Crippen molar-refractivity contribution < 1.29 is 38.1 Å². The molecule has 0 aromatic heterocycles. The topological polar surface area (TPSA) is 132 Å². The minimum atomic E-state index is -0.746. The molecule has 11 heteroatoms. The molecule has 2 amide bonds. The quantitative estimate of drug-likeness (QED) is 0.127. The molecule has 2 N–H and O–H groups in total. The largest absolute Gasteiger partial charge is 0.460 e. The molecule has 270 valence electrons. The Morgan fingerprint density at radius 2 is 0.900 bits per heavy atom. The number of carbonyl (C=O) groups is 4. The molecule has 50 heavy (non-hydrogen) atoms. The second-order valence-electron chi connectivity index (χ2n) is 14.1. The number of rotatable bonds is 16. The Bertz CT molecular complexity index is 1390. The number of ether oxygens (including phenoxy) is 4. The van der Waals surface area contributed by atoms with E-state index in [1.165, 1.54) is 0 Å². The minimum Gasteiger partial charge on any atom is -0.460 e. The summed E-state index contributed by atoms with van der Waals surface area (Å²) < 4.78 is 22.1. The summed E-state index contributed by atoms with van der Waals surface area (Å²) in [5.74, 6) is -1.00. The standard InChI is InChI=1S/C39H51N3O8/c1-38(2,3)49-34(43)22-32(40-36(45)47-27-30-18-12-8-13-19-30)25-42(24-29-16-10-7-11-17-29)26-33(23-35(44)50-39(4,5)6)41-37(46)48-28-31-20-14-9-15-21-31/h7-21,32-33H,22-28H2,1-6H3,(H,40,45)(H,41,46)/t32-,33-/m0/s1. The molecule has 0 heterocycles. The summed E-state index contributed by atoms with van der Waals surface area (Å²) in [7, 11) is 0. The molecule has 3 aromatic rings. The first-order valence-corrected chi connectivity index (χ1v) is 16.8. The number of alkyl carbamates (subject to hydrolysis) is 2. The predicted molar refractivity (Wildman–Crippen MR) is 190 cm³/mol. The summed E-state index contributed by atoms with van der Waals surface area (Å²) in [5, 5.41) is 5.67. The molecule has 0 aliphatic heterocycles. The number of carbonyl (C=O) groups excluding carboxylic acids is 4. The fraction of sp³-hybridized carbons (Fsp3) is 0.436. The second-order valence-corrected chi connectivity index (χ2v) is 14.1. The van der Waals surface area contributed by atoms with E-state index in [0.717, 1.165) is 16.7 Å². The van der Waals surface area contributed by atoms with Gasteiger partial charge >= 0.3 is 24.1 Å². The molecule has 3 rings (SSSR count). The van der Waals surface area contributed by atoms with Crippen molar-refractivity contribution in [3.8, 4) is 0 Å². The Hall–Kier alpha value is -4.90. The molecule has 0 unspecified atom stereocenters. The molecule has 0 bridgehead atoms. The first-order chi connectivity index (χ1) is 23.6. The van der Waals surface area contributed by atoms with Crippen molar-refractivity contribution in [2.45, 2.75) is 97.4 Å². The molecule has 0 aliphatic rings. The molecular weight excluding hydrogens is 638 g/mol. The number of hydrogen-bond donors (Lipinski definition) is 2. The van der Waals surface area contributed by atoms with E-state index in [1.807, 2.05) is 95.9 Å². The maximum Gasteiger partial charge on any atom is 0.407 e. The predicted octanol–water partition coefficient (Wildman–Crippen LogP) is 6.54. The number of nitrogens with one attached hydrogen (secondary N) is 2. The van der Waals surface area contributed by atoms with Crippen LogP contribution in [0.2, 0.25) is 0 Å². The molecule has 2 atom stereocenters. The van der Waals surface area contributed by atoms with Gasteiger partial charge in [-0.15, -0.1) is 0 Å². The molecule has 0 saturated heterocycles. The molecule has 0 aliphatic carbocycles. The van der Waals surface area contributed by atoms with Gasteiger partial charge in [-0.3, -0.25) is 14.5 Å². The summed E-state index contributed by atoms with van der Waals surface area (Å²) >= 11 is 0. The van der Waals surface area contributed by atoms with Crippen LogP contribution in [-0.2, 0) is 48.3 Å². The molecule has 0 spiro atoms. The van der Waals surface area contributed by atoms with Crippen LogP contribution in [0.3, 0.4) is 0 Å². The average Bonchev–Trinajstić information content (AvgIpc) is 3.02. The van der Waals surface area contributed by atoms with Crippen molar-refractivity contribution in [3.63, 3.8) is 0 Å². The SMILES string of the molecule is CC(C)(C)OC(=O)C[C@@H](CN(Cc1ccccc1)C[C@H](CC(=O)OC(C)(C)C)NC(=O)OCc1ccccc1)NC(=O)OCc1ccccc1. The van der Waals surface area contributed by atoms with E-state index < -0.39 is 47.4 Å². The van der Waals surface area contributed by atoms with Gasteiger partial charge < -0.3 is 29.6 Å². The average molecular weight is 690 g/mol. The Morgan fingerprint density at radius 1 is 0.560 bits per heavy atom. The van der Waals surface area contributed by atoms with E-state index >= 15 is 0 Å². The maximum absolute atomic E-state index is 13.0. The molecular formula is C39H51N3O8.